The van der Waals surface area contributed by atoms with Gasteiger partial charge in [0.2, 0.25) is 0 Å². The Morgan fingerprint density at radius 2 is 2.06 bits per heavy atom. The number of pyridine rings is 1. The van der Waals surface area contributed by atoms with Gasteiger partial charge in [-0.25, -0.2) is 4.98 Å². The maximum atomic E-state index is 9.32. The first-order chi connectivity index (χ1) is 8.20. The molecular weight excluding hydrogens is 366 g/mol. The Bertz CT molecular complexity index is 534. The minimum absolute atomic E-state index is 0.0201. The SMILES string of the molecule is OCc1cc(Br)ccc1Sc1ncccc1Br. The van der Waals surface area contributed by atoms with E-state index >= 15 is 0 Å². The van der Waals surface area contributed by atoms with Crippen molar-refractivity contribution < 1.29 is 5.11 Å². The largest absolute Gasteiger partial charge is 0.392 e. The van der Waals surface area contributed by atoms with Crippen molar-refractivity contribution in [1.29, 1.82) is 0 Å². The molecule has 0 spiro atoms. The van der Waals surface area contributed by atoms with Crippen molar-refractivity contribution >= 4 is 43.6 Å². The lowest BCUT2D eigenvalue weighted by molar-refractivity contribution is 0.279. The molecule has 0 atom stereocenters. The van der Waals surface area contributed by atoms with Crippen molar-refractivity contribution in [2.75, 3.05) is 0 Å². The van der Waals surface area contributed by atoms with Crippen molar-refractivity contribution in [3.8, 4) is 0 Å². The molecular formula is C12H9Br2NOS. The highest BCUT2D eigenvalue weighted by molar-refractivity contribution is 9.10. The summed E-state index contributed by atoms with van der Waals surface area (Å²) in [5.74, 6) is 0. The maximum Gasteiger partial charge on any atom is 0.115 e. The third-order valence-electron chi connectivity index (χ3n) is 2.12. The van der Waals surface area contributed by atoms with Gasteiger partial charge in [0.05, 0.1) is 11.1 Å². The second-order valence-electron chi connectivity index (χ2n) is 3.30. The van der Waals surface area contributed by atoms with Gasteiger partial charge in [0.1, 0.15) is 5.03 Å². The summed E-state index contributed by atoms with van der Waals surface area (Å²) in [6.45, 7) is 0.0201. The molecule has 0 aliphatic carbocycles. The number of hydrogen-bond acceptors (Lipinski definition) is 3. The van der Waals surface area contributed by atoms with E-state index < -0.39 is 0 Å². The molecule has 1 aromatic carbocycles. The van der Waals surface area contributed by atoms with E-state index in [-0.39, 0.29) is 6.61 Å². The van der Waals surface area contributed by atoms with Crippen LogP contribution >= 0.6 is 43.6 Å². The first-order valence-corrected chi connectivity index (χ1v) is 7.28. The highest BCUT2D eigenvalue weighted by Crippen LogP contribution is 2.34. The van der Waals surface area contributed by atoms with Crippen LogP contribution in [0.3, 0.4) is 0 Å². The Morgan fingerprint density at radius 1 is 1.24 bits per heavy atom. The van der Waals surface area contributed by atoms with Crippen LogP contribution in [-0.4, -0.2) is 10.1 Å². The smallest absolute Gasteiger partial charge is 0.115 e. The highest BCUT2D eigenvalue weighted by atomic mass is 79.9. The average molecular weight is 375 g/mol. The number of rotatable bonds is 3. The van der Waals surface area contributed by atoms with Crippen LogP contribution in [0.1, 0.15) is 5.56 Å². The summed E-state index contributed by atoms with van der Waals surface area (Å²) in [4.78, 5) is 5.30. The molecule has 0 fully saturated rings. The van der Waals surface area contributed by atoms with Crippen molar-refractivity contribution in [2.24, 2.45) is 0 Å². The van der Waals surface area contributed by atoms with Crippen LogP contribution in [0, 0.1) is 0 Å². The molecule has 1 aromatic heterocycles. The second kappa shape index (κ2) is 6.00. The van der Waals surface area contributed by atoms with Crippen molar-refractivity contribution in [3.63, 3.8) is 0 Å². The van der Waals surface area contributed by atoms with Gasteiger partial charge < -0.3 is 5.11 Å². The standard InChI is InChI=1S/C12H9Br2NOS/c13-9-3-4-11(8(6-9)7-16)17-12-10(14)2-1-5-15-12/h1-6,16H,7H2. The van der Waals surface area contributed by atoms with Gasteiger partial charge in [-0.15, -0.1) is 0 Å². The van der Waals surface area contributed by atoms with E-state index in [1.165, 1.54) is 11.8 Å². The Hall–Kier alpha value is -0.360. The number of aliphatic hydroxyl groups is 1. The van der Waals surface area contributed by atoms with E-state index in [9.17, 15) is 5.11 Å². The molecule has 0 aliphatic rings. The van der Waals surface area contributed by atoms with Gasteiger partial charge in [-0.05, 0) is 51.8 Å². The second-order valence-corrected chi connectivity index (χ2v) is 6.10. The molecule has 0 aliphatic heterocycles. The Kier molecular flexibility index (Phi) is 4.62. The number of aliphatic hydroxyl groups excluding tert-OH is 1. The molecule has 0 saturated carbocycles. The van der Waals surface area contributed by atoms with Crippen molar-refractivity contribution in [2.45, 2.75) is 16.5 Å². The molecule has 5 heteroatoms. The summed E-state index contributed by atoms with van der Waals surface area (Å²) in [6, 6.07) is 9.68. The average Bonchev–Trinajstić information content (AvgIpc) is 2.34. The molecule has 1 heterocycles. The molecule has 1 N–H and O–H groups in total. The molecule has 2 aromatic rings. The monoisotopic (exact) mass is 373 g/mol. The normalized spacial score (nSPS) is 10.5. The van der Waals surface area contributed by atoms with Gasteiger partial charge in [0.15, 0.2) is 0 Å². The van der Waals surface area contributed by atoms with Gasteiger partial charge >= 0.3 is 0 Å². The molecule has 0 unspecified atom stereocenters. The van der Waals surface area contributed by atoms with Crippen LogP contribution in [0.15, 0.2) is 55.4 Å². The molecule has 0 radical (unpaired) electrons. The highest BCUT2D eigenvalue weighted by Gasteiger charge is 2.07. The minimum atomic E-state index is 0.0201. The van der Waals surface area contributed by atoms with E-state index in [1.54, 1.807) is 6.20 Å². The molecule has 0 bridgehead atoms. The third-order valence-corrected chi connectivity index (χ3v) is 4.66. The fourth-order valence-electron chi connectivity index (χ4n) is 1.32. The summed E-state index contributed by atoms with van der Waals surface area (Å²) in [5, 5.41) is 10.2. The van der Waals surface area contributed by atoms with Crippen LogP contribution in [0.5, 0.6) is 0 Å². The molecule has 2 nitrogen and oxygen atoms in total. The number of benzene rings is 1. The zero-order chi connectivity index (χ0) is 12.3. The van der Waals surface area contributed by atoms with Gasteiger partial charge in [-0.2, -0.15) is 0 Å². The Labute approximate surface area is 121 Å². The van der Waals surface area contributed by atoms with E-state index in [1.807, 2.05) is 30.3 Å². The predicted octanol–water partition coefficient (Wildman–Crippen LogP) is 4.25. The van der Waals surface area contributed by atoms with E-state index in [0.717, 1.165) is 24.4 Å². The molecule has 2 rings (SSSR count). The maximum absolute atomic E-state index is 9.32. The van der Waals surface area contributed by atoms with Crippen LogP contribution in [0.25, 0.3) is 0 Å². The van der Waals surface area contributed by atoms with Gasteiger partial charge in [0, 0.05) is 15.6 Å². The van der Waals surface area contributed by atoms with E-state index in [0.29, 0.717) is 0 Å². The van der Waals surface area contributed by atoms with Crippen LogP contribution in [0.2, 0.25) is 0 Å². The number of aromatic nitrogens is 1. The first kappa shape index (κ1) is 13.1. The molecule has 88 valence electrons. The van der Waals surface area contributed by atoms with E-state index in [2.05, 4.69) is 36.8 Å². The van der Waals surface area contributed by atoms with Crippen LogP contribution in [0.4, 0.5) is 0 Å². The molecule has 0 amide bonds. The molecule has 17 heavy (non-hydrogen) atoms. The number of halogens is 2. The number of hydrogen-bond donors (Lipinski definition) is 1. The Balaban J connectivity index is 2.33. The minimum Gasteiger partial charge on any atom is -0.392 e. The summed E-state index contributed by atoms with van der Waals surface area (Å²) < 4.78 is 1.92. The Morgan fingerprint density at radius 3 is 2.76 bits per heavy atom. The topological polar surface area (TPSA) is 33.1 Å². The predicted molar refractivity (Wildman–Crippen MR) is 76.1 cm³/mol. The van der Waals surface area contributed by atoms with Gasteiger partial charge in [-0.1, -0.05) is 27.7 Å². The third kappa shape index (κ3) is 3.31. The van der Waals surface area contributed by atoms with Crippen molar-refractivity contribution in [1.82, 2.24) is 4.98 Å². The summed E-state index contributed by atoms with van der Waals surface area (Å²) in [5.41, 5.74) is 0.891. The zero-order valence-electron chi connectivity index (χ0n) is 8.73. The first-order valence-electron chi connectivity index (χ1n) is 4.88. The van der Waals surface area contributed by atoms with Crippen LogP contribution < -0.4 is 0 Å². The van der Waals surface area contributed by atoms with Crippen molar-refractivity contribution in [3.05, 3.63) is 51.0 Å². The number of nitrogens with zero attached hydrogens (tertiary/aromatic N) is 1. The fraction of sp³-hybridized carbons (Fsp3) is 0.0833. The molecule has 0 saturated heterocycles. The zero-order valence-corrected chi connectivity index (χ0v) is 12.7. The quantitative estimate of drug-likeness (QED) is 0.871. The lowest BCUT2D eigenvalue weighted by Crippen LogP contribution is -1.89. The van der Waals surface area contributed by atoms with Gasteiger partial charge in [0.25, 0.3) is 0 Å². The fourth-order valence-corrected chi connectivity index (χ4v) is 3.11. The summed E-state index contributed by atoms with van der Waals surface area (Å²) in [7, 11) is 0. The lowest BCUT2D eigenvalue weighted by Gasteiger charge is -2.08. The van der Waals surface area contributed by atoms with Gasteiger partial charge in [-0.3, -0.25) is 0 Å². The summed E-state index contributed by atoms with van der Waals surface area (Å²) in [6.07, 6.45) is 1.75. The lowest BCUT2D eigenvalue weighted by atomic mass is 10.2. The van der Waals surface area contributed by atoms with Crippen LogP contribution in [-0.2, 0) is 6.61 Å². The summed E-state index contributed by atoms with van der Waals surface area (Å²) >= 11 is 8.39. The van der Waals surface area contributed by atoms with E-state index in [4.69, 9.17) is 0 Å².